The van der Waals surface area contributed by atoms with Crippen molar-refractivity contribution >= 4 is 15.8 Å². The zero-order valence-corrected chi connectivity index (χ0v) is 11.5. The molecule has 2 rings (SSSR count). The van der Waals surface area contributed by atoms with Gasteiger partial charge in [0.25, 0.3) is 0 Å². The van der Waals surface area contributed by atoms with E-state index in [2.05, 4.69) is 9.71 Å². The molecule has 7 heteroatoms. The zero-order valence-electron chi connectivity index (χ0n) is 10.7. The summed E-state index contributed by atoms with van der Waals surface area (Å²) in [7, 11) is -3.24. The number of hydrogen-bond acceptors (Lipinski definition) is 5. The molecule has 0 amide bonds. The van der Waals surface area contributed by atoms with E-state index in [-0.39, 0.29) is 0 Å². The molecule has 1 saturated heterocycles. The van der Waals surface area contributed by atoms with Gasteiger partial charge in [-0.25, -0.2) is 18.1 Å². The molecule has 102 valence electrons. The van der Waals surface area contributed by atoms with Crippen LogP contribution in [0.5, 0.6) is 0 Å². The topological polar surface area (TPSA) is 86.1 Å². The molecule has 19 heavy (non-hydrogen) atoms. The Morgan fingerprint density at radius 1 is 1.58 bits per heavy atom. The summed E-state index contributed by atoms with van der Waals surface area (Å²) in [5.41, 5.74) is 0.500. The van der Waals surface area contributed by atoms with Crippen molar-refractivity contribution < 1.29 is 8.42 Å². The highest BCUT2D eigenvalue weighted by Gasteiger charge is 2.33. The van der Waals surface area contributed by atoms with Crippen LogP contribution in [0.25, 0.3) is 0 Å². The van der Waals surface area contributed by atoms with Crippen LogP contribution >= 0.6 is 0 Å². The standard InChI is InChI=1S/C12H16N4O2S/c1-2-15-19(17,18)11-5-6-16(9-11)12-4-3-10(7-13)8-14-12/h3-4,8,11,15H,2,5-6,9H2,1H3/t11-/m1/s1. The first-order valence-electron chi connectivity index (χ1n) is 6.16. The lowest BCUT2D eigenvalue weighted by Crippen LogP contribution is -2.36. The van der Waals surface area contributed by atoms with Crippen LogP contribution in [0.3, 0.4) is 0 Å². The Morgan fingerprint density at radius 3 is 2.95 bits per heavy atom. The van der Waals surface area contributed by atoms with E-state index in [0.717, 1.165) is 0 Å². The Hall–Kier alpha value is -1.65. The summed E-state index contributed by atoms with van der Waals surface area (Å²) in [5.74, 6) is 0.716. The van der Waals surface area contributed by atoms with Crippen LogP contribution in [0.15, 0.2) is 18.3 Å². The fourth-order valence-corrected chi connectivity index (χ4v) is 3.58. The lowest BCUT2D eigenvalue weighted by atomic mass is 10.3. The van der Waals surface area contributed by atoms with Gasteiger partial charge in [0.1, 0.15) is 11.9 Å². The number of hydrogen-bond donors (Lipinski definition) is 1. The maximum Gasteiger partial charge on any atom is 0.216 e. The highest BCUT2D eigenvalue weighted by atomic mass is 32.2. The van der Waals surface area contributed by atoms with Crippen LogP contribution < -0.4 is 9.62 Å². The number of pyridine rings is 1. The molecule has 1 aromatic heterocycles. The Balaban J connectivity index is 2.08. The summed E-state index contributed by atoms with van der Waals surface area (Å²) in [6.07, 6.45) is 2.10. The zero-order chi connectivity index (χ0) is 13.9. The molecule has 2 heterocycles. The molecule has 1 N–H and O–H groups in total. The second-order valence-electron chi connectivity index (χ2n) is 4.42. The van der Waals surface area contributed by atoms with Gasteiger partial charge in [0.05, 0.1) is 10.8 Å². The lowest BCUT2D eigenvalue weighted by molar-refractivity contribution is 0.571. The lowest BCUT2D eigenvalue weighted by Gasteiger charge is -2.17. The third kappa shape index (κ3) is 3.03. The molecule has 1 fully saturated rings. The molecule has 0 bridgehead atoms. The van der Waals surface area contributed by atoms with E-state index in [1.54, 1.807) is 19.1 Å². The quantitative estimate of drug-likeness (QED) is 0.866. The van der Waals surface area contributed by atoms with Crippen LogP contribution in [0, 0.1) is 11.3 Å². The Morgan fingerprint density at radius 2 is 2.37 bits per heavy atom. The van der Waals surface area contributed by atoms with E-state index < -0.39 is 15.3 Å². The molecule has 0 aliphatic carbocycles. The van der Waals surface area contributed by atoms with Crippen LogP contribution in [-0.4, -0.2) is 38.3 Å². The van der Waals surface area contributed by atoms with Gasteiger partial charge >= 0.3 is 0 Å². The summed E-state index contributed by atoms with van der Waals surface area (Å²) in [6.45, 7) is 3.28. The van der Waals surface area contributed by atoms with E-state index in [0.29, 0.717) is 37.4 Å². The largest absolute Gasteiger partial charge is 0.355 e. The van der Waals surface area contributed by atoms with Gasteiger partial charge in [0.15, 0.2) is 0 Å². The maximum atomic E-state index is 11.9. The first-order chi connectivity index (χ1) is 9.06. The average Bonchev–Trinajstić information content (AvgIpc) is 2.89. The first-order valence-corrected chi connectivity index (χ1v) is 7.71. The summed E-state index contributed by atoms with van der Waals surface area (Å²) < 4.78 is 26.4. The highest BCUT2D eigenvalue weighted by molar-refractivity contribution is 7.90. The van der Waals surface area contributed by atoms with Gasteiger partial charge in [0, 0.05) is 25.8 Å². The number of aromatic nitrogens is 1. The predicted octanol–water partition coefficient (Wildman–Crippen LogP) is 0.471. The van der Waals surface area contributed by atoms with E-state index in [1.165, 1.54) is 6.20 Å². The number of anilines is 1. The van der Waals surface area contributed by atoms with Gasteiger partial charge in [-0.3, -0.25) is 0 Å². The fourth-order valence-electron chi connectivity index (χ4n) is 2.15. The number of nitriles is 1. The minimum atomic E-state index is -3.24. The van der Waals surface area contributed by atoms with Crippen LogP contribution in [0.4, 0.5) is 5.82 Å². The summed E-state index contributed by atoms with van der Waals surface area (Å²) in [4.78, 5) is 6.11. The van der Waals surface area contributed by atoms with Crippen molar-refractivity contribution in [3.8, 4) is 6.07 Å². The van der Waals surface area contributed by atoms with Crippen molar-refractivity contribution in [1.29, 1.82) is 5.26 Å². The van der Waals surface area contributed by atoms with Crippen LogP contribution in [0.1, 0.15) is 18.9 Å². The molecule has 1 aromatic rings. The second kappa shape index (κ2) is 5.55. The number of nitrogens with one attached hydrogen (secondary N) is 1. The van der Waals surface area contributed by atoms with Crippen molar-refractivity contribution in [2.45, 2.75) is 18.6 Å². The first kappa shape index (κ1) is 13.8. The Labute approximate surface area is 113 Å². The van der Waals surface area contributed by atoms with Gasteiger partial charge in [-0.05, 0) is 18.6 Å². The predicted molar refractivity (Wildman–Crippen MR) is 72.2 cm³/mol. The molecule has 1 atom stereocenters. The van der Waals surface area contributed by atoms with Gasteiger partial charge in [-0.15, -0.1) is 0 Å². The van der Waals surface area contributed by atoms with Gasteiger partial charge < -0.3 is 4.90 Å². The summed E-state index contributed by atoms with van der Waals surface area (Å²) >= 11 is 0. The molecule has 0 spiro atoms. The third-order valence-electron chi connectivity index (χ3n) is 3.13. The SMILES string of the molecule is CCNS(=O)(=O)[C@@H]1CCN(c2ccc(C#N)cn2)C1. The number of rotatable bonds is 4. The fraction of sp³-hybridized carbons (Fsp3) is 0.500. The van der Waals surface area contributed by atoms with Crippen LogP contribution in [0.2, 0.25) is 0 Å². The smallest absolute Gasteiger partial charge is 0.216 e. The van der Waals surface area contributed by atoms with Crippen molar-refractivity contribution in [2.24, 2.45) is 0 Å². The number of nitrogens with zero attached hydrogens (tertiary/aromatic N) is 3. The molecule has 1 aliphatic rings. The molecule has 0 aromatic carbocycles. The normalized spacial score (nSPS) is 19.4. The minimum Gasteiger partial charge on any atom is -0.355 e. The van der Waals surface area contributed by atoms with E-state index >= 15 is 0 Å². The van der Waals surface area contributed by atoms with Crippen molar-refractivity contribution in [3.05, 3.63) is 23.9 Å². The van der Waals surface area contributed by atoms with Crippen molar-refractivity contribution in [1.82, 2.24) is 9.71 Å². The second-order valence-corrected chi connectivity index (χ2v) is 6.46. The van der Waals surface area contributed by atoms with Gasteiger partial charge in [-0.1, -0.05) is 6.92 Å². The maximum absolute atomic E-state index is 11.9. The molecule has 0 saturated carbocycles. The van der Waals surface area contributed by atoms with Crippen molar-refractivity contribution in [3.63, 3.8) is 0 Å². The molecule has 0 radical (unpaired) electrons. The Kier molecular flexibility index (Phi) is 4.02. The monoisotopic (exact) mass is 280 g/mol. The molecular formula is C12H16N4O2S. The van der Waals surface area contributed by atoms with E-state index in [4.69, 9.17) is 5.26 Å². The summed E-state index contributed by atoms with van der Waals surface area (Å²) in [5, 5.41) is 8.31. The Bertz CT molecular complexity index is 577. The molecule has 0 unspecified atom stereocenters. The minimum absolute atomic E-state index is 0.398. The van der Waals surface area contributed by atoms with Crippen LogP contribution in [-0.2, 0) is 10.0 Å². The average molecular weight is 280 g/mol. The van der Waals surface area contributed by atoms with Gasteiger partial charge in [-0.2, -0.15) is 5.26 Å². The third-order valence-corrected chi connectivity index (χ3v) is 5.08. The molecular weight excluding hydrogens is 264 g/mol. The van der Waals surface area contributed by atoms with Crippen molar-refractivity contribution in [2.75, 3.05) is 24.5 Å². The summed E-state index contributed by atoms with van der Waals surface area (Å²) in [6, 6.07) is 5.45. The van der Waals surface area contributed by atoms with Gasteiger partial charge in [0.2, 0.25) is 10.0 Å². The van der Waals surface area contributed by atoms with E-state index in [9.17, 15) is 8.42 Å². The van der Waals surface area contributed by atoms with E-state index in [1.807, 2.05) is 11.0 Å². The number of sulfonamides is 1. The molecule has 1 aliphatic heterocycles. The molecule has 6 nitrogen and oxygen atoms in total. The highest BCUT2D eigenvalue weighted by Crippen LogP contribution is 2.21.